The summed E-state index contributed by atoms with van der Waals surface area (Å²) < 4.78 is 56.2. The number of terminal acetylenes is 1. The van der Waals surface area contributed by atoms with Gasteiger partial charge in [0, 0.05) is 33.7 Å². The minimum atomic E-state index is -4.42. The van der Waals surface area contributed by atoms with Crippen molar-refractivity contribution in [2.24, 2.45) is 0 Å². The summed E-state index contributed by atoms with van der Waals surface area (Å²) >= 11 is 9.26. The van der Waals surface area contributed by atoms with Crippen molar-refractivity contribution in [1.29, 1.82) is 0 Å². The smallest absolute Gasteiger partial charge is 0.424 e. The van der Waals surface area contributed by atoms with E-state index in [-0.39, 0.29) is 29.9 Å². The SMILES string of the molecule is C#CCNCc1c(CCN(C(=O)OC(C)(C)C)S(=O)(=O)c2ccc(Cl)cc2)c2cc(Br)cc(F)c2n1C(=O)OC(C)(C)C. The summed E-state index contributed by atoms with van der Waals surface area (Å²) in [6.07, 6.45) is 3.37. The van der Waals surface area contributed by atoms with Crippen LogP contribution in [0.2, 0.25) is 5.02 Å². The number of ether oxygens (including phenoxy) is 2. The number of aromatic nitrogens is 1. The van der Waals surface area contributed by atoms with Crippen molar-refractivity contribution < 1.29 is 31.9 Å². The second-order valence-electron chi connectivity index (χ2n) is 11.6. The highest BCUT2D eigenvalue weighted by atomic mass is 79.9. The lowest BCUT2D eigenvalue weighted by Crippen LogP contribution is -2.42. The number of carbonyl (C=O) groups is 2. The number of benzene rings is 2. The number of carbonyl (C=O) groups excluding carboxylic acids is 2. The highest BCUT2D eigenvalue weighted by molar-refractivity contribution is 9.10. The van der Waals surface area contributed by atoms with E-state index in [2.05, 4.69) is 27.2 Å². The number of sulfonamides is 1. The van der Waals surface area contributed by atoms with Gasteiger partial charge in [0.15, 0.2) is 0 Å². The Hall–Kier alpha value is -3.11. The van der Waals surface area contributed by atoms with Crippen molar-refractivity contribution >= 4 is 60.6 Å². The number of fused-ring (bicyclic) bond motifs is 1. The molecule has 0 saturated carbocycles. The first-order valence-corrected chi connectivity index (χ1v) is 15.9. The Kier molecular flexibility index (Phi) is 10.6. The van der Waals surface area contributed by atoms with Crippen LogP contribution in [0.1, 0.15) is 52.8 Å². The molecule has 0 bridgehead atoms. The summed E-state index contributed by atoms with van der Waals surface area (Å²) in [4.78, 5) is 26.6. The zero-order valence-corrected chi connectivity index (χ0v) is 27.9. The molecule has 1 heterocycles. The molecule has 0 saturated heterocycles. The Bertz CT molecular complexity index is 1670. The van der Waals surface area contributed by atoms with Crippen LogP contribution in [0, 0.1) is 18.2 Å². The zero-order chi connectivity index (χ0) is 32.3. The third-order valence-electron chi connectivity index (χ3n) is 5.85. The Balaban J connectivity index is 2.21. The van der Waals surface area contributed by atoms with Crippen LogP contribution in [0.3, 0.4) is 0 Å². The summed E-state index contributed by atoms with van der Waals surface area (Å²) in [5.41, 5.74) is -1.26. The van der Waals surface area contributed by atoms with E-state index in [0.29, 0.717) is 30.4 Å². The monoisotopic (exact) mass is 697 g/mol. The third kappa shape index (κ3) is 8.50. The lowest BCUT2D eigenvalue weighted by molar-refractivity contribution is 0.0390. The van der Waals surface area contributed by atoms with E-state index in [4.69, 9.17) is 27.5 Å². The van der Waals surface area contributed by atoms with Gasteiger partial charge in [-0.1, -0.05) is 33.5 Å². The van der Waals surface area contributed by atoms with E-state index in [0.717, 1.165) is 4.57 Å². The predicted molar refractivity (Wildman–Crippen MR) is 167 cm³/mol. The van der Waals surface area contributed by atoms with Gasteiger partial charge in [-0.2, -0.15) is 0 Å². The molecule has 1 amide bonds. The van der Waals surface area contributed by atoms with Gasteiger partial charge in [0.25, 0.3) is 10.0 Å². The van der Waals surface area contributed by atoms with Crippen LogP contribution in [0.4, 0.5) is 14.0 Å². The second-order valence-corrected chi connectivity index (χ2v) is 14.8. The van der Waals surface area contributed by atoms with E-state index in [1.54, 1.807) is 47.6 Å². The molecule has 1 aromatic heterocycles. The molecule has 1 N–H and O–H groups in total. The summed E-state index contributed by atoms with van der Waals surface area (Å²) in [5, 5.41) is 3.65. The normalized spacial score (nSPS) is 12.2. The molecule has 2 aromatic carbocycles. The molecule has 232 valence electrons. The van der Waals surface area contributed by atoms with Gasteiger partial charge in [-0.05, 0) is 89.9 Å². The molecule has 3 aromatic rings. The average Bonchev–Trinajstić information content (AvgIpc) is 3.16. The Morgan fingerprint density at radius 1 is 1.09 bits per heavy atom. The molecule has 0 aliphatic heterocycles. The first-order valence-electron chi connectivity index (χ1n) is 13.3. The summed E-state index contributed by atoms with van der Waals surface area (Å²) in [6, 6.07) is 8.18. The first-order chi connectivity index (χ1) is 19.9. The molecule has 0 atom stereocenters. The van der Waals surface area contributed by atoms with Gasteiger partial charge in [0.05, 0.1) is 17.0 Å². The first kappa shape index (κ1) is 34.4. The van der Waals surface area contributed by atoms with Gasteiger partial charge >= 0.3 is 12.2 Å². The molecular weight excluding hydrogens is 665 g/mol. The highest BCUT2D eigenvalue weighted by Crippen LogP contribution is 2.33. The van der Waals surface area contributed by atoms with Crippen LogP contribution in [-0.4, -0.2) is 53.8 Å². The number of hydrogen-bond acceptors (Lipinski definition) is 7. The number of amides is 1. The Labute approximate surface area is 264 Å². The van der Waals surface area contributed by atoms with Gasteiger partial charge in [-0.3, -0.25) is 0 Å². The van der Waals surface area contributed by atoms with Crippen LogP contribution in [0.15, 0.2) is 45.8 Å². The molecule has 0 aliphatic carbocycles. The number of halogens is 3. The van der Waals surface area contributed by atoms with Gasteiger partial charge in [-0.15, -0.1) is 6.42 Å². The van der Waals surface area contributed by atoms with Crippen molar-refractivity contribution in [2.75, 3.05) is 13.1 Å². The Morgan fingerprint density at radius 3 is 2.26 bits per heavy atom. The van der Waals surface area contributed by atoms with Crippen LogP contribution >= 0.6 is 27.5 Å². The van der Waals surface area contributed by atoms with Crippen LogP contribution in [0.25, 0.3) is 10.9 Å². The molecule has 0 radical (unpaired) electrons. The molecule has 9 nitrogen and oxygen atoms in total. The zero-order valence-electron chi connectivity index (χ0n) is 24.8. The van der Waals surface area contributed by atoms with Crippen molar-refractivity contribution in [3.8, 4) is 12.3 Å². The van der Waals surface area contributed by atoms with Crippen molar-refractivity contribution in [3.05, 3.63) is 63.0 Å². The fourth-order valence-electron chi connectivity index (χ4n) is 4.25. The summed E-state index contributed by atoms with van der Waals surface area (Å²) in [5.74, 6) is 1.74. The fourth-order valence-corrected chi connectivity index (χ4v) is 6.10. The van der Waals surface area contributed by atoms with Crippen LogP contribution < -0.4 is 5.32 Å². The topological polar surface area (TPSA) is 107 Å². The van der Waals surface area contributed by atoms with Crippen molar-refractivity contribution in [1.82, 2.24) is 14.2 Å². The van der Waals surface area contributed by atoms with Gasteiger partial charge < -0.3 is 14.8 Å². The quantitative estimate of drug-likeness (QED) is 0.202. The second kappa shape index (κ2) is 13.3. The highest BCUT2D eigenvalue weighted by Gasteiger charge is 2.34. The van der Waals surface area contributed by atoms with Gasteiger partial charge in [0.2, 0.25) is 0 Å². The lowest BCUT2D eigenvalue weighted by Gasteiger charge is -2.27. The fraction of sp³-hybridized carbons (Fsp3) is 0.400. The maximum Gasteiger partial charge on any atom is 0.424 e. The van der Waals surface area contributed by atoms with E-state index in [9.17, 15) is 18.0 Å². The third-order valence-corrected chi connectivity index (χ3v) is 8.34. The number of rotatable bonds is 8. The number of nitrogens with zero attached hydrogens (tertiary/aromatic N) is 2. The maximum absolute atomic E-state index is 15.5. The van der Waals surface area contributed by atoms with Crippen LogP contribution in [-0.2, 0) is 32.5 Å². The summed E-state index contributed by atoms with van der Waals surface area (Å²) in [6.45, 7) is 9.63. The molecular formula is C30H34BrClFN3O6S. The molecule has 0 spiro atoms. The summed E-state index contributed by atoms with van der Waals surface area (Å²) in [7, 11) is -4.42. The van der Waals surface area contributed by atoms with E-state index >= 15 is 4.39 Å². The van der Waals surface area contributed by atoms with Gasteiger partial charge in [0.1, 0.15) is 17.0 Å². The molecule has 13 heteroatoms. The van der Waals surface area contributed by atoms with E-state index < -0.39 is 45.8 Å². The lowest BCUT2D eigenvalue weighted by atomic mass is 10.1. The number of hydrogen-bond donors (Lipinski definition) is 1. The maximum atomic E-state index is 15.5. The van der Waals surface area contributed by atoms with E-state index in [1.807, 2.05) is 0 Å². The van der Waals surface area contributed by atoms with E-state index in [1.165, 1.54) is 30.3 Å². The van der Waals surface area contributed by atoms with Crippen molar-refractivity contribution in [2.45, 2.75) is 70.6 Å². The van der Waals surface area contributed by atoms with Crippen molar-refractivity contribution in [3.63, 3.8) is 0 Å². The molecule has 0 fully saturated rings. The molecule has 0 unspecified atom stereocenters. The minimum Gasteiger partial charge on any atom is -0.443 e. The minimum absolute atomic E-state index is 0.0148. The largest absolute Gasteiger partial charge is 0.443 e. The Morgan fingerprint density at radius 2 is 1.70 bits per heavy atom. The standard InChI is InChI=1S/C30H34BrClFN3O6S/c1-8-14-34-18-25-22(23-16-19(31)17-24(33)26(23)36(25)28(38)42-30(5,6)7)13-15-35(27(37)41-29(2,3)4)43(39,40)21-11-9-20(32)10-12-21/h1,9-12,16-17,34H,13-15,18H2,2-7H3. The number of nitrogens with one attached hydrogen (secondary N) is 1. The molecule has 0 aliphatic rings. The van der Waals surface area contributed by atoms with Gasteiger partial charge in [-0.25, -0.2) is 31.3 Å². The van der Waals surface area contributed by atoms with Crippen LogP contribution in [0.5, 0.6) is 0 Å². The molecule has 3 rings (SSSR count). The average molecular weight is 699 g/mol. The molecule has 43 heavy (non-hydrogen) atoms. The predicted octanol–water partition coefficient (Wildman–Crippen LogP) is 6.87.